The third kappa shape index (κ3) is 2.93. The molecule has 24 heavy (non-hydrogen) atoms. The van der Waals surface area contributed by atoms with Gasteiger partial charge in [0.15, 0.2) is 5.76 Å². The van der Waals surface area contributed by atoms with Crippen molar-refractivity contribution in [2.24, 2.45) is 0 Å². The fourth-order valence-electron chi connectivity index (χ4n) is 2.44. The molecule has 0 saturated heterocycles. The van der Waals surface area contributed by atoms with Gasteiger partial charge in [0.25, 0.3) is 0 Å². The van der Waals surface area contributed by atoms with E-state index < -0.39 is 0 Å². The zero-order valence-electron chi connectivity index (χ0n) is 13.7. The molecule has 0 radical (unpaired) electrons. The van der Waals surface area contributed by atoms with Crippen molar-refractivity contribution in [3.8, 4) is 28.6 Å². The largest absolute Gasteiger partial charge is 0.508 e. The molecule has 0 saturated carbocycles. The van der Waals surface area contributed by atoms with Crippen LogP contribution in [0.5, 0.6) is 17.2 Å². The highest BCUT2D eigenvalue weighted by molar-refractivity contribution is 5.83. The number of phenolic OH excluding ortho intramolecular Hbond substituents is 1. The summed E-state index contributed by atoms with van der Waals surface area (Å²) in [6, 6.07) is 11.6. The number of fused-ring (bicyclic) bond motifs is 1. The van der Waals surface area contributed by atoms with Crippen molar-refractivity contribution in [2.75, 3.05) is 7.11 Å². The lowest BCUT2D eigenvalue weighted by Gasteiger charge is -2.14. The summed E-state index contributed by atoms with van der Waals surface area (Å²) in [5.74, 6) is 1.20. The van der Waals surface area contributed by atoms with Crippen LogP contribution in [0.25, 0.3) is 22.3 Å². The lowest BCUT2D eigenvalue weighted by atomic mass is 10.1. The fraction of sp³-hybridized carbons (Fsp3) is 0.211. The van der Waals surface area contributed by atoms with E-state index in [1.165, 1.54) is 12.1 Å². The van der Waals surface area contributed by atoms with Gasteiger partial charge < -0.3 is 19.0 Å². The minimum absolute atomic E-state index is 0.00231. The van der Waals surface area contributed by atoms with E-state index in [9.17, 15) is 9.90 Å². The van der Waals surface area contributed by atoms with Crippen molar-refractivity contribution in [3.63, 3.8) is 0 Å². The van der Waals surface area contributed by atoms with E-state index in [0.29, 0.717) is 22.7 Å². The molecule has 0 bridgehead atoms. The van der Waals surface area contributed by atoms with Crippen LogP contribution in [0.1, 0.15) is 13.8 Å². The first-order chi connectivity index (χ1) is 11.5. The van der Waals surface area contributed by atoms with Gasteiger partial charge in [-0.3, -0.25) is 4.79 Å². The molecule has 0 aliphatic rings. The van der Waals surface area contributed by atoms with Crippen LogP contribution in [0.4, 0.5) is 0 Å². The Bertz CT molecular complexity index is 923. The summed E-state index contributed by atoms with van der Waals surface area (Å²) in [6.45, 7) is 3.67. The Balaban J connectivity index is 2.27. The molecule has 0 amide bonds. The monoisotopic (exact) mass is 326 g/mol. The summed E-state index contributed by atoms with van der Waals surface area (Å²) in [4.78, 5) is 12.8. The number of methoxy groups -OCH3 is 1. The lowest BCUT2D eigenvalue weighted by Crippen LogP contribution is -2.15. The van der Waals surface area contributed by atoms with E-state index in [0.717, 1.165) is 0 Å². The topological polar surface area (TPSA) is 68.9 Å². The molecule has 0 atom stereocenters. The first-order valence-corrected chi connectivity index (χ1v) is 7.60. The van der Waals surface area contributed by atoms with Crippen LogP contribution in [0.3, 0.4) is 0 Å². The average molecular weight is 326 g/mol. The third-order valence-corrected chi connectivity index (χ3v) is 3.54. The van der Waals surface area contributed by atoms with Crippen LogP contribution in [-0.2, 0) is 0 Å². The Morgan fingerprint density at radius 3 is 2.42 bits per heavy atom. The van der Waals surface area contributed by atoms with E-state index in [4.69, 9.17) is 13.9 Å². The number of aromatic hydroxyl groups is 1. The second kappa shape index (κ2) is 6.28. The molecule has 0 spiro atoms. The molecule has 1 aromatic heterocycles. The van der Waals surface area contributed by atoms with Gasteiger partial charge in [0, 0.05) is 5.56 Å². The van der Waals surface area contributed by atoms with Gasteiger partial charge in [-0.15, -0.1) is 0 Å². The quantitative estimate of drug-likeness (QED) is 0.786. The Kier molecular flexibility index (Phi) is 4.16. The van der Waals surface area contributed by atoms with Crippen LogP contribution < -0.4 is 14.9 Å². The number of hydrogen-bond donors (Lipinski definition) is 1. The minimum atomic E-state index is -0.313. The predicted octanol–water partition coefficient (Wildman–Crippen LogP) is 3.96. The van der Waals surface area contributed by atoms with Crippen LogP contribution in [0.15, 0.2) is 51.7 Å². The SMILES string of the molecule is COc1ccc(-c2oc3ccc(O)cc3c(=O)c2OC(C)C)cc1. The molecular formula is C19H18O5. The predicted molar refractivity (Wildman–Crippen MR) is 91.9 cm³/mol. The van der Waals surface area contributed by atoms with E-state index in [-0.39, 0.29) is 28.4 Å². The summed E-state index contributed by atoms with van der Waals surface area (Å²) in [5.41, 5.74) is 0.782. The molecule has 3 aromatic rings. The highest BCUT2D eigenvalue weighted by Crippen LogP contribution is 2.33. The lowest BCUT2D eigenvalue weighted by molar-refractivity contribution is 0.236. The van der Waals surface area contributed by atoms with Crippen molar-refractivity contribution in [1.29, 1.82) is 0 Å². The molecule has 2 aromatic carbocycles. The summed E-state index contributed by atoms with van der Waals surface area (Å²) in [7, 11) is 1.59. The van der Waals surface area contributed by atoms with Gasteiger partial charge in [-0.25, -0.2) is 0 Å². The number of ether oxygens (including phenoxy) is 2. The zero-order chi connectivity index (χ0) is 17.3. The molecule has 0 aliphatic carbocycles. The van der Waals surface area contributed by atoms with E-state index in [2.05, 4.69) is 0 Å². The van der Waals surface area contributed by atoms with E-state index in [1.807, 2.05) is 13.8 Å². The Labute approximate surface area is 139 Å². The maximum Gasteiger partial charge on any atom is 0.235 e. The van der Waals surface area contributed by atoms with Crippen LogP contribution in [-0.4, -0.2) is 18.3 Å². The van der Waals surface area contributed by atoms with Gasteiger partial charge >= 0.3 is 0 Å². The summed E-state index contributed by atoms with van der Waals surface area (Å²) in [5, 5.41) is 9.92. The molecular weight excluding hydrogens is 308 g/mol. The minimum Gasteiger partial charge on any atom is -0.508 e. The maximum atomic E-state index is 12.8. The number of benzene rings is 2. The first kappa shape index (κ1) is 15.9. The maximum absolute atomic E-state index is 12.8. The molecule has 3 rings (SSSR count). The molecule has 124 valence electrons. The Morgan fingerprint density at radius 2 is 1.79 bits per heavy atom. The van der Waals surface area contributed by atoms with Crippen LogP contribution in [0.2, 0.25) is 0 Å². The molecule has 1 heterocycles. The van der Waals surface area contributed by atoms with Gasteiger partial charge in [-0.05, 0) is 56.3 Å². The fourth-order valence-corrected chi connectivity index (χ4v) is 2.44. The molecule has 0 aliphatic heterocycles. The second-order valence-corrected chi connectivity index (χ2v) is 5.67. The normalized spacial score (nSPS) is 11.0. The van der Waals surface area contributed by atoms with Gasteiger partial charge in [-0.1, -0.05) is 0 Å². The van der Waals surface area contributed by atoms with Crippen LogP contribution in [0, 0.1) is 0 Å². The Morgan fingerprint density at radius 1 is 1.08 bits per heavy atom. The standard InChI is InChI=1S/C19H18O5/c1-11(2)23-19-17(21)15-10-13(20)6-9-16(15)24-18(19)12-4-7-14(22-3)8-5-12/h4-11,20H,1-3H3. The molecule has 5 nitrogen and oxygen atoms in total. The summed E-state index contributed by atoms with van der Waals surface area (Å²) < 4.78 is 16.8. The van der Waals surface area contributed by atoms with Crippen molar-refractivity contribution in [1.82, 2.24) is 0 Å². The number of rotatable bonds is 4. The van der Waals surface area contributed by atoms with Crippen molar-refractivity contribution in [2.45, 2.75) is 20.0 Å². The summed E-state index contributed by atoms with van der Waals surface area (Å²) >= 11 is 0. The van der Waals surface area contributed by atoms with E-state index >= 15 is 0 Å². The highest BCUT2D eigenvalue weighted by atomic mass is 16.5. The van der Waals surface area contributed by atoms with Gasteiger partial charge in [-0.2, -0.15) is 0 Å². The van der Waals surface area contributed by atoms with Gasteiger partial charge in [0.1, 0.15) is 17.1 Å². The highest BCUT2D eigenvalue weighted by Gasteiger charge is 2.19. The third-order valence-electron chi connectivity index (χ3n) is 3.54. The molecule has 0 fully saturated rings. The zero-order valence-corrected chi connectivity index (χ0v) is 13.7. The number of phenols is 1. The smallest absolute Gasteiger partial charge is 0.235 e. The van der Waals surface area contributed by atoms with E-state index in [1.54, 1.807) is 37.4 Å². The summed E-state index contributed by atoms with van der Waals surface area (Å²) in [6.07, 6.45) is -0.195. The second-order valence-electron chi connectivity index (χ2n) is 5.67. The number of hydrogen-bond acceptors (Lipinski definition) is 5. The van der Waals surface area contributed by atoms with Gasteiger partial charge in [0.2, 0.25) is 11.2 Å². The average Bonchev–Trinajstić information content (AvgIpc) is 2.57. The molecule has 1 N–H and O–H groups in total. The first-order valence-electron chi connectivity index (χ1n) is 7.60. The van der Waals surface area contributed by atoms with Crippen molar-refractivity contribution >= 4 is 11.0 Å². The van der Waals surface area contributed by atoms with Crippen LogP contribution >= 0.6 is 0 Å². The Hall–Kier alpha value is -2.95. The molecule has 0 unspecified atom stereocenters. The van der Waals surface area contributed by atoms with Gasteiger partial charge in [0.05, 0.1) is 18.6 Å². The van der Waals surface area contributed by atoms with Crippen molar-refractivity contribution in [3.05, 3.63) is 52.7 Å². The molecule has 5 heteroatoms. The van der Waals surface area contributed by atoms with Crippen molar-refractivity contribution < 1.29 is 19.0 Å².